The van der Waals surface area contributed by atoms with E-state index in [2.05, 4.69) is 24.3 Å². The number of benzene rings is 2. The SMILES string of the molecule is O=C(CC(c1ccccc1)c1ccccc1)N1CCN(C(=O)c2cccs2)CC1. The summed E-state index contributed by atoms with van der Waals surface area (Å²) in [5.74, 6) is 0.250. The van der Waals surface area contributed by atoms with Gasteiger partial charge < -0.3 is 9.80 Å². The monoisotopic (exact) mass is 404 g/mol. The zero-order valence-corrected chi connectivity index (χ0v) is 17.1. The van der Waals surface area contributed by atoms with Gasteiger partial charge in [0, 0.05) is 38.5 Å². The third-order valence-corrected chi connectivity index (χ3v) is 6.29. The first-order valence-corrected chi connectivity index (χ1v) is 10.8. The second-order valence-electron chi connectivity index (χ2n) is 7.23. The lowest BCUT2D eigenvalue weighted by Gasteiger charge is -2.35. The number of hydrogen-bond acceptors (Lipinski definition) is 3. The van der Waals surface area contributed by atoms with Gasteiger partial charge in [0.05, 0.1) is 4.88 Å². The lowest BCUT2D eigenvalue weighted by Crippen LogP contribution is -2.50. The maximum absolute atomic E-state index is 13.1. The normalized spacial score (nSPS) is 14.2. The van der Waals surface area contributed by atoms with Crippen LogP contribution in [0.2, 0.25) is 0 Å². The van der Waals surface area contributed by atoms with Crippen molar-refractivity contribution >= 4 is 23.2 Å². The molecule has 1 aliphatic heterocycles. The minimum Gasteiger partial charge on any atom is -0.339 e. The van der Waals surface area contributed by atoms with Crippen molar-refractivity contribution < 1.29 is 9.59 Å². The van der Waals surface area contributed by atoms with Crippen molar-refractivity contribution in [3.63, 3.8) is 0 Å². The molecule has 4 nitrogen and oxygen atoms in total. The molecule has 2 heterocycles. The Morgan fingerprint density at radius 1 is 0.759 bits per heavy atom. The lowest BCUT2D eigenvalue weighted by molar-refractivity contribution is -0.132. The molecule has 0 bridgehead atoms. The number of amides is 2. The number of piperazine rings is 1. The summed E-state index contributed by atoms with van der Waals surface area (Å²) >= 11 is 1.46. The van der Waals surface area contributed by atoms with Crippen LogP contribution in [0.1, 0.15) is 33.1 Å². The number of carbonyl (C=O) groups is 2. The van der Waals surface area contributed by atoms with Crippen LogP contribution in [0.3, 0.4) is 0 Å². The van der Waals surface area contributed by atoms with E-state index in [-0.39, 0.29) is 17.7 Å². The predicted octanol–water partition coefficient (Wildman–Crippen LogP) is 4.25. The van der Waals surface area contributed by atoms with Crippen molar-refractivity contribution in [2.24, 2.45) is 0 Å². The van der Waals surface area contributed by atoms with E-state index in [9.17, 15) is 9.59 Å². The number of thiophene rings is 1. The second kappa shape index (κ2) is 9.05. The third kappa shape index (κ3) is 4.57. The van der Waals surface area contributed by atoms with Crippen molar-refractivity contribution in [2.45, 2.75) is 12.3 Å². The van der Waals surface area contributed by atoms with E-state index in [0.717, 1.165) is 16.0 Å². The molecule has 5 heteroatoms. The predicted molar refractivity (Wildman–Crippen MR) is 116 cm³/mol. The van der Waals surface area contributed by atoms with Crippen LogP contribution in [-0.4, -0.2) is 47.8 Å². The summed E-state index contributed by atoms with van der Waals surface area (Å²) in [7, 11) is 0. The molecule has 29 heavy (non-hydrogen) atoms. The molecule has 4 rings (SSSR count). The number of carbonyl (C=O) groups excluding carboxylic acids is 2. The smallest absolute Gasteiger partial charge is 0.264 e. The largest absolute Gasteiger partial charge is 0.339 e. The van der Waals surface area contributed by atoms with Gasteiger partial charge in [0.1, 0.15) is 0 Å². The van der Waals surface area contributed by atoms with Gasteiger partial charge in [-0.2, -0.15) is 0 Å². The van der Waals surface area contributed by atoms with Crippen molar-refractivity contribution in [3.05, 3.63) is 94.2 Å². The van der Waals surface area contributed by atoms with Crippen LogP contribution >= 0.6 is 11.3 Å². The van der Waals surface area contributed by atoms with Crippen LogP contribution in [0.4, 0.5) is 0 Å². The van der Waals surface area contributed by atoms with Crippen LogP contribution in [0.25, 0.3) is 0 Å². The van der Waals surface area contributed by atoms with E-state index in [0.29, 0.717) is 32.6 Å². The van der Waals surface area contributed by atoms with Crippen molar-refractivity contribution in [1.29, 1.82) is 0 Å². The molecule has 0 radical (unpaired) electrons. The first kappa shape index (κ1) is 19.4. The average molecular weight is 405 g/mol. The summed E-state index contributed by atoms with van der Waals surface area (Å²) in [4.78, 5) is 30.1. The van der Waals surface area contributed by atoms with Gasteiger partial charge in [-0.25, -0.2) is 0 Å². The Morgan fingerprint density at radius 2 is 1.31 bits per heavy atom. The molecule has 1 saturated heterocycles. The van der Waals surface area contributed by atoms with E-state index in [1.807, 2.05) is 63.7 Å². The standard InChI is InChI=1S/C24H24N2O2S/c27-23(25-13-15-26(16-14-25)24(28)22-12-7-17-29-22)18-21(19-8-3-1-4-9-19)20-10-5-2-6-11-20/h1-12,17,21H,13-16,18H2. The van der Waals surface area contributed by atoms with Gasteiger partial charge in [-0.05, 0) is 22.6 Å². The summed E-state index contributed by atoms with van der Waals surface area (Å²) in [5.41, 5.74) is 2.30. The Hall–Kier alpha value is -2.92. The Balaban J connectivity index is 1.42. The molecule has 1 aromatic heterocycles. The van der Waals surface area contributed by atoms with Crippen molar-refractivity contribution in [1.82, 2.24) is 9.80 Å². The molecule has 2 aromatic carbocycles. The van der Waals surface area contributed by atoms with Gasteiger partial charge in [-0.1, -0.05) is 66.7 Å². The first-order chi connectivity index (χ1) is 14.2. The van der Waals surface area contributed by atoms with E-state index in [1.165, 1.54) is 11.3 Å². The molecule has 0 saturated carbocycles. The Labute approximate surface area is 175 Å². The number of rotatable bonds is 5. The quantitative estimate of drug-likeness (QED) is 0.638. The van der Waals surface area contributed by atoms with E-state index in [1.54, 1.807) is 0 Å². The maximum atomic E-state index is 13.1. The van der Waals surface area contributed by atoms with Crippen LogP contribution in [0, 0.1) is 0 Å². The summed E-state index contributed by atoms with van der Waals surface area (Å²) in [6.45, 7) is 2.35. The summed E-state index contributed by atoms with van der Waals surface area (Å²) in [6.07, 6.45) is 0.437. The Bertz CT molecular complexity index is 894. The highest BCUT2D eigenvalue weighted by Gasteiger charge is 2.27. The summed E-state index contributed by atoms with van der Waals surface area (Å²) < 4.78 is 0. The van der Waals surface area contributed by atoms with Gasteiger partial charge in [0.2, 0.25) is 5.91 Å². The lowest BCUT2D eigenvalue weighted by atomic mass is 9.88. The van der Waals surface area contributed by atoms with Crippen LogP contribution < -0.4 is 0 Å². The van der Waals surface area contributed by atoms with Gasteiger partial charge in [-0.15, -0.1) is 11.3 Å². The molecule has 0 atom stereocenters. The minimum absolute atomic E-state index is 0.0377. The van der Waals surface area contributed by atoms with Gasteiger partial charge in [0.25, 0.3) is 5.91 Å². The van der Waals surface area contributed by atoms with Crippen LogP contribution in [0.15, 0.2) is 78.2 Å². The first-order valence-electron chi connectivity index (χ1n) is 9.93. The van der Waals surface area contributed by atoms with E-state index in [4.69, 9.17) is 0 Å². The Morgan fingerprint density at radius 3 is 1.83 bits per heavy atom. The fourth-order valence-electron chi connectivity index (χ4n) is 3.82. The van der Waals surface area contributed by atoms with Gasteiger partial charge in [0.15, 0.2) is 0 Å². The molecule has 148 valence electrons. The molecule has 0 unspecified atom stereocenters. The highest BCUT2D eigenvalue weighted by atomic mass is 32.1. The third-order valence-electron chi connectivity index (χ3n) is 5.43. The summed E-state index contributed by atoms with van der Waals surface area (Å²) in [6, 6.07) is 24.2. The topological polar surface area (TPSA) is 40.6 Å². The molecule has 1 fully saturated rings. The zero-order valence-electron chi connectivity index (χ0n) is 16.2. The van der Waals surface area contributed by atoms with Gasteiger partial charge in [-0.3, -0.25) is 9.59 Å². The second-order valence-corrected chi connectivity index (χ2v) is 8.18. The molecular formula is C24H24N2O2S. The summed E-state index contributed by atoms with van der Waals surface area (Å²) in [5, 5.41) is 1.92. The average Bonchev–Trinajstić information content (AvgIpc) is 3.33. The minimum atomic E-state index is 0.0377. The number of nitrogens with zero attached hydrogens (tertiary/aromatic N) is 2. The molecule has 2 amide bonds. The van der Waals surface area contributed by atoms with Crippen LogP contribution in [0.5, 0.6) is 0 Å². The molecule has 0 N–H and O–H groups in total. The van der Waals surface area contributed by atoms with E-state index < -0.39 is 0 Å². The molecule has 0 aliphatic carbocycles. The molecular weight excluding hydrogens is 380 g/mol. The fourth-order valence-corrected chi connectivity index (χ4v) is 4.51. The van der Waals surface area contributed by atoms with Crippen molar-refractivity contribution in [3.8, 4) is 0 Å². The Kier molecular flexibility index (Phi) is 6.06. The maximum Gasteiger partial charge on any atom is 0.264 e. The van der Waals surface area contributed by atoms with E-state index >= 15 is 0 Å². The zero-order chi connectivity index (χ0) is 20.1. The molecule has 1 aliphatic rings. The highest BCUT2D eigenvalue weighted by molar-refractivity contribution is 7.12. The highest BCUT2D eigenvalue weighted by Crippen LogP contribution is 2.29. The molecule has 3 aromatic rings. The van der Waals surface area contributed by atoms with Crippen molar-refractivity contribution in [2.75, 3.05) is 26.2 Å². The fraction of sp³-hybridized carbons (Fsp3) is 0.250. The number of hydrogen-bond donors (Lipinski definition) is 0. The van der Waals surface area contributed by atoms with Crippen LogP contribution in [-0.2, 0) is 4.79 Å². The molecule has 0 spiro atoms. The van der Waals surface area contributed by atoms with Gasteiger partial charge >= 0.3 is 0 Å².